The summed E-state index contributed by atoms with van der Waals surface area (Å²) in [5.41, 5.74) is 11.6. The Morgan fingerprint density at radius 2 is 1.89 bits per heavy atom. The van der Waals surface area contributed by atoms with Crippen LogP contribution in [-0.2, 0) is 6.54 Å². The van der Waals surface area contributed by atoms with Gasteiger partial charge in [-0.05, 0) is 30.3 Å². The van der Waals surface area contributed by atoms with Gasteiger partial charge in [0, 0.05) is 12.1 Å². The second-order valence-electron chi connectivity index (χ2n) is 3.76. The lowest BCUT2D eigenvalue weighted by Crippen LogP contribution is -2.06. The van der Waals surface area contributed by atoms with Gasteiger partial charge in [0.25, 0.3) is 0 Å². The quantitative estimate of drug-likeness (QED) is 0.780. The van der Waals surface area contributed by atoms with Crippen LogP contribution < -0.4 is 16.8 Å². The van der Waals surface area contributed by atoms with Crippen LogP contribution in [0, 0.1) is 11.6 Å². The van der Waals surface area contributed by atoms with Crippen molar-refractivity contribution in [2.24, 2.45) is 0 Å². The van der Waals surface area contributed by atoms with Gasteiger partial charge in [-0.25, -0.2) is 13.8 Å². The van der Waals surface area contributed by atoms with E-state index in [-0.39, 0.29) is 17.9 Å². The summed E-state index contributed by atoms with van der Waals surface area (Å²) >= 11 is 0. The van der Waals surface area contributed by atoms with Crippen molar-refractivity contribution in [1.29, 1.82) is 0 Å². The first-order chi connectivity index (χ1) is 8.56. The van der Waals surface area contributed by atoms with Crippen molar-refractivity contribution in [1.82, 2.24) is 4.98 Å². The lowest BCUT2D eigenvalue weighted by atomic mass is 10.2. The first kappa shape index (κ1) is 12.1. The predicted molar refractivity (Wildman–Crippen MR) is 66.7 cm³/mol. The highest BCUT2D eigenvalue weighted by atomic mass is 19.1. The molecule has 0 radical (unpaired) electrons. The SMILES string of the molecule is Nc1ccc(NCc2cc(F)ccc2F)nc1N. The number of aromatic nitrogens is 1. The van der Waals surface area contributed by atoms with Crippen molar-refractivity contribution in [2.45, 2.75) is 6.54 Å². The molecule has 0 saturated carbocycles. The summed E-state index contributed by atoms with van der Waals surface area (Å²) in [6.07, 6.45) is 0. The summed E-state index contributed by atoms with van der Waals surface area (Å²) in [6, 6.07) is 6.48. The van der Waals surface area contributed by atoms with Crippen LogP contribution in [0.3, 0.4) is 0 Å². The smallest absolute Gasteiger partial charge is 0.149 e. The maximum atomic E-state index is 13.3. The molecule has 0 bridgehead atoms. The number of hydrogen-bond donors (Lipinski definition) is 3. The fraction of sp³-hybridized carbons (Fsp3) is 0.0833. The number of rotatable bonds is 3. The summed E-state index contributed by atoms with van der Waals surface area (Å²) in [7, 11) is 0. The Hall–Kier alpha value is -2.37. The molecule has 94 valence electrons. The largest absolute Gasteiger partial charge is 0.396 e. The van der Waals surface area contributed by atoms with E-state index in [2.05, 4.69) is 10.3 Å². The van der Waals surface area contributed by atoms with E-state index in [1.807, 2.05) is 0 Å². The van der Waals surface area contributed by atoms with Crippen molar-refractivity contribution in [3.63, 3.8) is 0 Å². The highest BCUT2D eigenvalue weighted by Crippen LogP contribution is 2.16. The average molecular weight is 250 g/mol. The summed E-state index contributed by atoms with van der Waals surface area (Å²) in [6.45, 7) is 0.111. The van der Waals surface area contributed by atoms with Crippen LogP contribution in [0.1, 0.15) is 5.56 Å². The minimum absolute atomic E-state index is 0.111. The van der Waals surface area contributed by atoms with Gasteiger partial charge in [0.2, 0.25) is 0 Å². The molecule has 5 N–H and O–H groups in total. The molecule has 0 atom stereocenters. The number of benzene rings is 1. The number of anilines is 3. The fourth-order valence-corrected chi connectivity index (χ4v) is 1.45. The molecule has 18 heavy (non-hydrogen) atoms. The molecule has 6 heteroatoms. The summed E-state index contributed by atoms with van der Waals surface area (Å²) in [5.74, 6) is -0.324. The van der Waals surface area contributed by atoms with Crippen molar-refractivity contribution < 1.29 is 8.78 Å². The molecular weight excluding hydrogens is 238 g/mol. The standard InChI is InChI=1S/C12H12F2N4/c13-8-1-2-9(14)7(5-8)6-17-11-4-3-10(15)12(16)18-11/h1-5H,6,15H2,(H3,16,17,18). The van der Waals surface area contributed by atoms with Gasteiger partial charge in [-0.3, -0.25) is 0 Å². The first-order valence-electron chi connectivity index (χ1n) is 5.26. The minimum Gasteiger partial charge on any atom is -0.396 e. The van der Waals surface area contributed by atoms with Gasteiger partial charge in [-0.15, -0.1) is 0 Å². The van der Waals surface area contributed by atoms with Crippen molar-refractivity contribution in [3.8, 4) is 0 Å². The third kappa shape index (κ3) is 2.65. The highest BCUT2D eigenvalue weighted by molar-refractivity contribution is 5.61. The molecule has 0 aliphatic carbocycles. The molecule has 0 aliphatic rings. The molecular formula is C12H12F2N4. The number of halogens is 2. The lowest BCUT2D eigenvalue weighted by Gasteiger charge is -2.08. The third-order valence-corrected chi connectivity index (χ3v) is 2.43. The van der Waals surface area contributed by atoms with Crippen LogP contribution in [0.25, 0.3) is 0 Å². The Labute approximate surface area is 103 Å². The van der Waals surface area contributed by atoms with E-state index in [0.29, 0.717) is 11.5 Å². The van der Waals surface area contributed by atoms with Crippen molar-refractivity contribution in [3.05, 3.63) is 47.5 Å². The molecule has 0 unspecified atom stereocenters. The van der Waals surface area contributed by atoms with Gasteiger partial charge >= 0.3 is 0 Å². The zero-order valence-electron chi connectivity index (χ0n) is 9.45. The Morgan fingerprint density at radius 3 is 2.61 bits per heavy atom. The zero-order chi connectivity index (χ0) is 13.1. The van der Waals surface area contributed by atoms with E-state index in [1.165, 1.54) is 0 Å². The molecule has 1 heterocycles. The Morgan fingerprint density at radius 1 is 1.11 bits per heavy atom. The second kappa shape index (κ2) is 4.87. The second-order valence-corrected chi connectivity index (χ2v) is 3.76. The fourth-order valence-electron chi connectivity index (χ4n) is 1.45. The maximum absolute atomic E-state index is 13.3. The highest BCUT2D eigenvalue weighted by Gasteiger charge is 2.04. The van der Waals surface area contributed by atoms with E-state index < -0.39 is 11.6 Å². The minimum atomic E-state index is -0.488. The summed E-state index contributed by atoms with van der Waals surface area (Å²) in [4.78, 5) is 3.97. The van der Waals surface area contributed by atoms with Crippen LogP contribution in [0.15, 0.2) is 30.3 Å². The molecule has 0 saturated heterocycles. The molecule has 0 spiro atoms. The van der Waals surface area contributed by atoms with Gasteiger partial charge in [0.05, 0.1) is 5.69 Å². The summed E-state index contributed by atoms with van der Waals surface area (Å²) < 4.78 is 26.3. The first-order valence-corrected chi connectivity index (χ1v) is 5.26. The molecule has 1 aromatic carbocycles. The molecule has 0 fully saturated rings. The molecule has 2 aromatic rings. The third-order valence-electron chi connectivity index (χ3n) is 2.43. The number of nitrogens with two attached hydrogens (primary N) is 2. The van der Waals surface area contributed by atoms with Gasteiger partial charge in [-0.2, -0.15) is 0 Å². The van der Waals surface area contributed by atoms with E-state index >= 15 is 0 Å². The number of pyridine rings is 1. The van der Waals surface area contributed by atoms with Crippen LogP contribution >= 0.6 is 0 Å². The number of nitrogen functional groups attached to an aromatic ring is 2. The monoisotopic (exact) mass is 250 g/mol. The van der Waals surface area contributed by atoms with Gasteiger partial charge in [-0.1, -0.05) is 0 Å². The molecule has 0 aliphatic heterocycles. The van der Waals surface area contributed by atoms with Crippen LogP contribution in [0.5, 0.6) is 0 Å². The van der Waals surface area contributed by atoms with E-state index in [9.17, 15) is 8.78 Å². The molecule has 2 rings (SSSR count). The number of hydrogen-bond acceptors (Lipinski definition) is 4. The molecule has 0 amide bonds. The van der Waals surface area contributed by atoms with Gasteiger partial charge in [0.15, 0.2) is 0 Å². The van der Waals surface area contributed by atoms with Crippen LogP contribution in [0.4, 0.5) is 26.1 Å². The predicted octanol–water partition coefficient (Wildman–Crippen LogP) is 2.14. The van der Waals surface area contributed by atoms with E-state index in [4.69, 9.17) is 11.5 Å². The van der Waals surface area contributed by atoms with Crippen molar-refractivity contribution >= 4 is 17.3 Å². The Bertz CT molecular complexity index is 572. The number of nitrogens with one attached hydrogen (secondary N) is 1. The normalized spacial score (nSPS) is 10.3. The Kier molecular flexibility index (Phi) is 3.27. The molecule has 4 nitrogen and oxygen atoms in total. The molecule has 1 aromatic heterocycles. The Balaban J connectivity index is 2.11. The zero-order valence-corrected chi connectivity index (χ0v) is 9.45. The van der Waals surface area contributed by atoms with Crippen LogP contribution in [-0.4, -0.2) is 4.98 Å². The van der Waals surface area contributed by atoms with E-state index in [0.717, 1.165) is 18.2 Å². The topological polar surface area (TPSA) is 77.0 Å². The van der Waals surface area contributed by atoms with Crippen LogP contribution in [0.2, 0.25) is 0 Å². The lowest BCUT2D eigenvalue weighted by molar-refractivity contribution is 0.587. The van der Waals surface area contributed by atoms with Gasteiger partial charge < -0.3 is 16.8 Å². The maximum Gasteiger partial charge on any atom is 0.149 e. The summed E-state index contributed by atoms with van der Waals surface area (Å²) in [5, 5.41) is 2.84. The van der Waals surface area contributed by atoms with E-state index in [1.54, 1.807) is 12.1 Å². The van der Waals surface area contributed by atoms with Gasteiger partial charge in [0.1, 0.15) is 23.3 Å². The average Bonchev–Trinajstić information content (AvgIpc) is 2.34. The van der Waals surface area contributed by atoms with Crippen molar-refractivity contribution in [2.75, 3.05) is 16.8 Å². The number of nitrogens with zero attached hydrogens (tertiary/aromatic N) is 1.